The lowest BCUT2D eigenvalue weighted by Gasteiger charge is -2.09. The van der Waals surface area contributed by atoms with Gasteiger partial charge in [0.1, 0.15) is 0 Å². The van der Waals surface area contributed by atoms with Crippen LogP contribution in [0.4, 0.5) is 5.69 Å². The third-order valence-electron chi connectivity index (χ3n) is 3.08. The van der Waals surface area contributed by atoms with Gasteiger partial charge in [-0.3, -0.25) is 0 Å². The molecule has 20 heavy (non-hydrogen) atoms. The Bertz CT molecular complexity index is 653. The fraction of sp³-hybridized carbons (Fsp3) is 0.188. The summed E-state index contributed by atoms with van der Waals surface area (Å²) >= 11 is 1.62. The van der Waals surface area contributed by atoms with E-state index in [1.54, 1.807) is 17.8 Å². The maximum Gasteiger partial charge on any atom is 0.337 e. The first-order valence-electron chi connectivity index (χ1n) is 6.29. The Hall–Kier alpha value is -1.94. The Labute approximate surface area is 122 Å². The van der Waals surface area contributed by atoms with Gasteiger partial charge in [0, 0.05) is 16.3 Å². The molecular formula is C16H17NO2S. The number of aromatic carboxylic acids is 1. The molecule has 104 valence electrons. The van der Waals surface area contributed by atoms with Gasteiger partial charge in [-0.25, -0.2) is 4.79 Å². The molecule has 4 heteroatoms. The van der Waals surface area contributed by atoms with Crippen LogP contribution < -0.4 is 5.73 Å². The molecule has 2 aromatic carbocycles. The quantitative estimate of drug-likeness (QED) is 0.661. The Morgan fingerprint density at radius 2 is 2.00 bits per heavy atom. The summed E-state index contributed by atoms with van der Waals surface area (Å²) in [4.78, 5) is 12.1. The van der Waals surface area contributed by atoms with Crippen molar-refractivity contribution in [3.05, 3.63) is 58.7 Å². The van der Waals surface area contributed by atoms with Crippen molar-refractivity contribution in [3.8, 4) is 0 Å². The van der Waals surface area contributed by atoms with Gasteiger partial charge in [-0.2, -0.15) is 0 Å². The number of rotatable bonds is 4. The highest BCUT2D eigenvalue weighted by Crippen LogP contribution is 2.29. The second kappa shape index (κ2) is 6.01. The summed E-state index contributed by atoms with van der Waals surface area (Å²) < 4.78 is 0. The summed E-state index contributed by atoms with van der Waals surface area (Å²) in [5.41, 5.74) is 9.56. The van der Waals surface area contributed by atoms with Gasteiger partial charge in [0.2, 0.25) is 0 Å². The minimum atomic E-state index is -0.983. The highest BCUT2D eigenvalue weighted by Gasteiger charge is 2.12. The van der Waals surface area contributed by atoms with Gasteiger partial charge in [-0.1, -0.05) is 29.8 Å². The van der Waals surface area contributed by atoms with Crippen molar-refractivity contribution < 1.29 is 9.90 Å². The van der Waals surface area contributed by atoms with Crippen molar-refractivity contribution in [1.29, 1.82) is 0 Å². The molecule has 2 aromatic rings. The summed E-state index contributed by atoms with van der Waals surface area (Å²) in [6, 6.07) is 11.9. The normalized spacial score (nSPS) is 10.5. The maximum absolute atomic E-state index is 11.2. The van der Waals surface area contributed by atoms with E-state index in [1.807, 2.05) is 19.1 Å². The van der Waals surface area contributed by atoms with E-state index in [9.17, 15) is 4.79 Å². The molecule has 0 amide bonds. The molecule has 0 bridgehead atoms. The number of hydrogen-bond acceptors (Lipinski definition) is 3. The fourth-order valence-corrected chi connectivity index (χ4v) is 2.97. The smallest absolute Gasteiger partial charge is 0.337 e. The highest BCUT2D eigenvalue weighted by molar-refractivity contribution is 7.98. The van der Waals surface area contributed by atoms with Crippen LogP contribution in [0.2, 0.25) is 0 Å². The first-order valence-corrected chi connectivity index (χ1v) is 7.27. The molecular weight excluding hydrogens is 270 g/mol. The van der Waals surface area contributed by atoms with E-state index in [1.165, 1.54) is 11.1 Å². The Balaban J connectivity index is 2.20. The summed E-state index contributed by atoms with van der Waals surface area (Å²) in [6.07, 6.45) is 0. The van der Waals surface area contributed by atoms with E-state index in [4.69, 9.17) is 10.8 Å². The van der Waals surface area contributed by atoms with Crippen LogP contribution in [-0.2, 0) is 5.75 Å². The molecule has 0 saturated heterocycles. The van der Waals surface area contributed by atoms with Crippen molar-refractivity contribution in [1.82, 2.24) is 0 Å². The molecule has 2 rings (SSSR count). The fourth-order valence-electron chi connectivity index (χ4n) is 1.99. The number of hydrogen-bond donors (Lipinski definition) is 2. The third-order valence-corrected chi connectivity index (χ3v) is 4.13. The number of nitrogens with two attached hydrogens (primary N) is 1. The summed E-state index contributed by atoms with van der Waals surface area (Å²) in [5.74, 6) is -0.173. The third kappa shape index (κ3) is 3.33. The number of nitrogen functional groups attached to an aromatic ring is 1. The number of anilines is 1. The second-order valence-electron chi connectivity index (χ2n) is 4.78. The number of carboxylic acid groups (broad SMARTS) is 1. The van der Waals surface area contributed by atoms with Gasteiger partial charge in [-0.15, -0.1) is 11.8 Å². The molecule has 3 N–H and O–H groups in total. The molecule has 0 aliphatic carbocycles. The van der Waals surface area contributed by atoms with Gasteiger partial charge < -0.3 is 10.8 Å². The molecule has 0 unspecified atom stereocenters. The van der Waals surface area contributed by atoms with Crippen molar-refractivity contribution >= 4 is 23.4 Å². The lowest BCUT2D eigenvalue weighted by molar-refractivity contribution is 0.0697. The zero-order chi connectivity index (χ0) is 14.7. The lowest BCUT2D eigenvalue weighted by atomic mass is 10.1. The lowest BCUT2D eigenvalue weighted by Crippen LogP contribution is -2.04. The molecule has 0 aliphatic heterocycles. The molecule has 0 aromatic heterocycles. The zero-order valence-electron chi connectivity index (χ0n) is 11.5. The molecule has 0 atom stereocenters. The monoisotopic (exact) mass is 287 g/mol. The van der Waals surface area contributed by atoms with Crippen molar-refractivity contribution in [2.45, 2.75) is 24.5 Å². The van der Waals surface area contributed by atoms with Crippen LogP contribution in [0.1, 0.15) is 27.0 Å². The van der Waals surface area contributed by atoms with E-state index in [0.29, 0.717) is 5.69 Å². The number of carboxylic acids is 1. The maximum atomic E-state index is 11.2. The van der Waals surface area contributed by atoms with E-state index >= 15 is 0 Å². The van der Waals surface area contributed by atoms with Crippen molar-refractivity contribution in [2.75, 3.05) is 5.73 Å². The number of carbonyl (C=O) groups is 1. The number of benzene rings is 2. The number of thioether (sulfide) groups is 1. The first-order chi connectivity index (χ1) is 9.47. The van der Waals surface area contributed by atoms with E-state index in [2.05, 4.69) is 25.1 Å². The van der Waals surface area contributed by atoms with E-state index in [0.717, 1.165) is 16.2 Å². The van der Waals surface area contributed by atoms with Crippen LogP contribution in [0.5, 0.6) is 0 Å². The van der Waals surface area contributed by atoms with Gasteiger partial charge in [0.15, 0.2) is 0 Å². The van der Waals surface area contributed by atoms with E-state index in [-0.39, 0.29) is 5.56 Å². The number of aryl methyl sites for hydroxylation is 2. The second-order valence-corrected chi connectivity index (χ2v) is 5.83. The predicted octanol–water partition coefficient (Wildman–Crippen LogP) is 3.88. The Kier molecular flexibility index (Phi) is 4.35. The summed E-state index contributed by atoms with van der Waals surface area (Å²) in [5, 5.41) is 9.15. The summed E-state index contributed by atoms with van der Waals surface area (Å²) in [6.45, 7) is 3.89. The van der Waals surface area contributed by atoms with Crippen molar-refractivity contribution in [3.63, 3.8) is 0 Å². The van der Waals surface area contributed by atoms with Crippen LogP contribution in [0.3, 0.4) is 0 Å². The molecule has 0 radical (unpaired) electrons. The molecule has 3 nitrogen and oxygen atoms in total. The highest BCUT2D eigenvalue weighted by atomic mass is 32.2. The van der Waals surface area contributed by atoms with Gasteiger partial charge >= 0.3 is 5.97 Å². The Morgan fingerprint density at radius 3 is 2.65 bits per heavy atom. The molecule has 0 fully saturated rings. The first kappa shape index (κ1) is 14.5. The molecule has 0 aliphatic rings. The van der Waals surface area contributed by atoms with Gasteiger partial charge in [0.05, 0.1) is 5.56 Å². The van der Waals surface area contributed by atoms with Crippen LogP contribution >= 0.6 is 11.8 Å². The largest absolute Gasteiger partial charge is 0.478 e. The average Bonchev–Trinajstić information content (AvgIpc) is 2.39. The predicted molar refractivity (Wildman–Crippen MR) is 83.3 cm³/mol. The molecule has 0 saturated carbocycles. The topological polar surface area (TPSA) is 63.3 Å². The molecule has 0 spiro atoms. The Morgan fingerprint density at radius 1 is 1.25 bits per heavy atom. The SMILES string of the molecule is Cc1cccc(CSc2cc(C)c(N)c(C(=O)O)c2)c1. The average molecular weight is 287 g/mol. The standard InChI is InChI=1S/C16H17NO2S/c1-10-4-3-5-12(6-10)9-20-13-7-11(2)15(17)14(8-13)16(18)19/h3-8H,9,17H2,1-2H3,(H,18,19). The van der Waals surface area contributed by atoms with Crippen LogP contribution in [-0.4, -0.2) is 11.1 Å². The van der Waals surface area contributed by atoms with Crippen molar-refractivity contribution in [2.24, 2.45) is 0 Å². The zero-order valence-corrected chi connectivity index (χ0v) is 12.3. The van der Waals surface area contributed by atoms with Gasteiger partial charge in [-0.05, 0) is 37.1 Å². The van der Waals surface area contributed by atoms with Gasteiger partial charge in [0.25, 0.3) is 0 Å². The van der Waals surface area contributed by atoms with Crippen LogP contribution in [0.15, 0.2) is 41.3 Å². The summed E-state index contributed by atoms with van der Waals surface area (Å²) in [7, 11) is 0. The molecule has 0 heterocycles. The minimum absolute atomic E-state index is 0.178. The van der Waals surface area contributed by atoms with Crippen LogP contribution in [0, 0.1) is 13.8 Å². The van der Waals surface area contributed by atoms with E-state index < -0.39 is 5.97 Å². The minimum Gasteiger partial charge on any atom is -0.478 e. The van der Waals surface area contributed by atoms with Crippen LogP contribution in [0.25, 0.3) is 0 Å².